The molecule has 19 heavy (non-hydrogen) atoms. The summed E-state index contributed by atoms with van der Waals surface area (Å²) in [5.41, 5.74) is 6.23. The van der Waals surface area contributed by atoms with Crippen molar-refractivity contribution in [1.82, 2.24) is 4.31 Å². The predicted molar refractivity (Wildman–Crippen MR) is 80.4 cm³/mol. The molecule has 0 aliphatic carbocycles. The molecule has 0 amide bonds. The Balaban J connectivity index is 2.43. The number of rotatable bonds is 3. The highest BCUT2D eigenvalue weighted by Crippen LogP contribution is 2.33. The van der Waals surface area contributed by atoms with E-state index in [4.69, 9.17) is 5.73 Å². The second-order valence-electron chi connectivity index (χ2n) is 5.01. The molecule has 4 nitrogen and oxygen atoms in total. The number of sulfonamides is 1. The third-order valence-corrected chi connectivity index (χ3v) is 6.51. The minimum atomic E-state index is -3.46. The summed E-state index contributed by atoms with van der Waals surface area (Å²) in [6.07, 6.45) is 2.70. The second-order valence-corrected chi connectivity index (χ2v) is 7.70. The number of hydrogen-bond acceptors (Lipinski definition) is 3. The van der Waals surface area contributed by atoms with E-state index in [2.05, 4.69) is 15.9 Å². The maximum atomic E-state index is 12.7. The van der Waals surface area contributed by atoms with Gasteiger partial charge in [-0.2, -0.15) is 4.31 Å². The zero-order valence-electron chi connectivity index (χ0n) is 11.1. The molecule has 2 rings (SSSR count). The fourth-order valence-electron chi connectivity index (χ4n) is 2.67. The van der Waals surface area contributed by atoms with Crippen molar-refractivity contribution < 1.29 is 8.42 Å². The van der Waals surface area contributed by atoms with Crippen LogP contribution in [0.2, 0.25) is 0 Å². The average Bonchev–Trinajstić information content (AvgIpc) is 2.74. The molecule has 2 unspecified atom stereocenters. The molecule has 0 bridgehead atoms. The first-order valence-electron chi connectivity index (χ1n) is 6.46. The lowest BCUT2D eigenvalue weighted by Gasteiger charge is -2.27. The van der Waals surface area contributed by atoms with E-state index < -0.39 is 10.0 Å². The summed E-state index contributed by atoms with van der Waals surface area (Å²) in [6, 6.07) is 4.97. The van der Waals surface area contributed by atoms with Crippen LogP contribution in [0.4, 0.5) is 5.69 Å². The average molecular weight is 347 g/mol. The Labute approximate surface area is 123 Å². The molecule has 6 heteroatoms. The van der Waals surface area contributed by atoms with Crippen LogP contribution in [0.1, 0.15) is 33.1 Å². The van der Waals surface area contributed by atoms with Gasteiger partial charge in [0.1, 0.15) is 0 Å². The van der Waals surface area contributed by atoms with Gasteiger partial charge in [-0.15, -0.1) is 0 Å². The quantitative estimate of drug-likeness (QED) is 0.855. The van der Waals surface area contributed by atoms with Gasteiger partial charge in [-0.3, -0.25) is 0 Å². The van der Waals surface area contributed by atoms with E-state index in [1.54, 1.807) is 16.4 Å². The highest BCUT2D eigenvalue weighted by molar-refractivity contribution is 9.10. The van der Waals surface area contributed by atoms with Crippen LogP contribution in [0.5, 0.6) is 0 Å². The molecule has 1 aromatic rings. The Hall–Kier alpha value is -0.590. The van der Waals surface area contributed by atoms with Crippen LogP contribution in [0.25, 0.3) is 0 Å². The van der Waals surface area contributed by atoms with Gasteiger partial charge in [0.25, 0.3) is 0 Å². The summed E-state index contributed by atoms with van der Waals surface area (Å²) in [4.78, 5) is 0.278. The number of hydrogen-bond donors (Lipinski definition) is 1. The Morgan fingerprint density at radius 3 is 2.68 bits per heavy atom. The van der Waals surface area contributed by atoms with E-state index in [9.17, 15) is 8.42 Å². The normalized spacial score (nSPS) is 24.8. The Morgan fingerprint density at radius 1 is 1.42 bits per heavy atom. The Bertz CT molecular complexity index is 574. The van der Waals surface area contributed by atoms with Gasteiger partial charge in [-0.1, -0.05) is 6.92 Å². The molecular weight excluding hydrogens is 328 g/mol. The van der Waals surface area contributed by atoms with Gasteiger partial charge < -0.3 is 5.73 Å². The topological polar surface area (TPSA) is 63.4 Å². The summed E-state index contributed by atoms with van der Waals surface area (Å²) < 4.78 is 27.8. The summed E-state index contributed by atoms with van der Waals surface area (Å²) in [6.45, 7) is 4.00. The minimum Gasteiger partial charge on any atom is -0.398 e. The first kappa shape index (κ1) is 14.8. The van der Waals surface area contributed by atoms with E-state index in [1.165, 1.54) is 6.07 Å². The zero-order valence-corrected chi connectivity index (χ0v) is 13.5. The molecule has 106 valence electrons. The summed E-state index contributed by atoms with van der Waals surface area (Å²) in [7, 11) is -3.46. The van der Waals surface area contributed by atoms with E-state index in [0.29, 0.717) is 10.2 Å². The van der Waals surface area contributed by atoms with Gasteiger partial charge in [0, 0.05) is 22.2 Å². The standard InChI is InChI=1S/C13H19BrN2O2S/c1-3-10-5-4-9(2)16(10)19(17,18)11-6-7-12(14)13(15)8-11/h6-10H,3-5,15H2,1-2H3. The van der Waals surface area contributed by atoms with E-state index in [1.807, 2.05) is 13.8 Å². The molecule has 0 saturated carbocycles. The van der Waals surface area contributed by atoms with Crippen molar-refractivity contribution in [1.29, 1.82) is 0 Å². The van der Waals surface area contributed by atoms with Crippen LogP contribution in [0, 0.1) is 0 Å². The lowest BCUT2D eigenvalue weighted by molar-refractivity contribution is 0.328. The van der Waals surface area contributed by atoms with Crippen LogP contribution in [0.15, 0.2) is 27.6 Å². The van der Waals surface area contributed by atoms with Gasteiger partial charge in [-0.05, 0) is 60.3 Å². The van der Waals surface area contributed by atoms with Crippen molar-refractivity contribution in [2.24, 2.45) is 0 Å². The summed E-state index contributed by atoms with van der Waals surface area (Å²) in [5.74, 6) is 0. The van der Waals surface area contributed by atoms with Crippen molar-refractivity contribution in [2.75, 3.05) is 5.73 Å². The monoisotopic (exact) mass is 346 g/mol. The van der Waals surface area contributed by atoms with E-state index >= 15 is 0 Å². The Morgan fingerprint density at radius 2 is 2.11 bits per heavy atom. The van der Waals surface area contributed by atoms with E-state index in [-0.39, 0.29) is 17.0 Å². The molecule has 0 spiro atoms. The van der Waals surface area contributed by atoms with Gasteiger partial charge in [0.05, 0.1) is 4.90 Å². The molecule has 1 aliphatic heterocycles. The minimum absolute atomic E-state index is 0.0554. The lowest BCUT2D eigenvalue weighted by Crippen LogP contribution is -2.39. The van der Waals surface area contributed by atoms with E-state index in [0.717, 1.165) is 19.3 Å². The van der Waals surface area contributed by atoms with Gasteiger partial charge in [0.15, 0.2) is 0 Å². The Kier molecular flexibility index (Phi) is 4.23. The first-order chi connectivity index (χ1) is 8.87. The molecule has 2 atom stereocenters. The predicted octanol–water partition coefficient (Wildman–Crippen LogP) is 2.98. The van der Waals surface area contributed by atoms with Crippen LogP contribution in [-0.4, -0.2) is 24.8 Å². The first-order valence-corrected chi connectivity index (χ1v) is 8.69. The molecule has 1 aliphatic rings. The molecular formula is C13H19BrN2O2S. The molecule has 1 saturated heterocycles. The lowest BCUT2D eigenvalue weighted by atomic mass is 10.2. The zero-order chi connectivity index (χ0) is 14.2. The van der Waals surface area contributed by atoms with Crippen molar-refractivity contribution >= 4 is 31.6 Å². The van der Waals surface area contributed by atoms with Crippen molar-refractivity contribution in [3.8, 4) is 0 Å². The van der Waals surface area contributed by atoms with Crippen LogP contribution < -0.4 is 5.73 Å². The van der Waals surface area contributed by atoms with Crippen molar-refractivity contribution in [2.45, 2.75) is 50.1 Å². The number of anilines is 1. The van der Waals surface area contributed by atoms with Crippen LogP contribution >= 0.6 is 15.9 Å². The number of nitrogen functional groups attached to an aromatic ring is 1. The molecule has 1 fully saturated rings. The highest BCUT2D eigenvalue weighted by Gasteiger charge is 2.39. The van der Waals surface area contributed by atoms with Crippen molar-refractivity contribution in [3.63, 3.8) is 0 Å². The fourth-order valence-corrected chi connectivity index (χ4v) is 4.90. The van der Waals surface area contributed by atoms with Gasteiger partial charge >= 0.3 is 0 Å². The van der Waals surface area contributed by atoms with Crippen LogP contribution in [0.3, 0.4) is 0 Å². The number of nitrogens with two attached hydrogens (primary N) is 1. The third-order valence-electron chi connectivity index (χ3n) is 3.73. The summed E-state index contributed by atoms with van der Waals surface area (Å²) in [5, 5.41) is 0. The molecule has 1 aromatic carbocycles. The summed E-state index contributed by atoms with van der Waals surface area (Å²) >= 11 is 3.28. The SMILES string of the molecule is CCC1CCC(C)N1S(=O)(=O)c1ccc(Br)c(N)c1. The van der Waals surface area contributed by atoms with Gasteiger partial charge in [-0.25, -0.2) is 8.42 Å². The van der Waals surface area contributed by atoms with Crippen molar-refractivity contribution in [3.05, 3.63) is 22.7 Å². The molecule has 0 radical (unpaired) electrons. The molecule has 1 heterocycles. The number of halogens is 1. The second kappa shape index (κ2) is 5.42. The smallest absolute Gasteiger partial charge is 0.243 e. The van der Waals surface area contributed by atoms with Gasteiger partial charge in [0.2, 0.25) is 10.0 Å². The maximum absolute atomic E-state index is 12.7. The van der Waals surface area contributed by atoms with Crippen LogP contribution in [-0.2, 0) is 10.0 Å². The molecule has 0 aromatic heterocycles. The fraction of sp³-hybridized carbons (Fsp3) is 0.538. The number of nitrogens with zero attached hydrogens (tertiary/aromatic N) is 1. The number of benzene rings is 1. The third kappa shape index (κ3) is 2.66. The largest absolute Gasteiger partial charge is 0.398 e. The maximum Gasteiger partial charge on any atom is 0.243 e. The molecule has 2 N–H and O–H groups in total. The highest BCUT2D eigenvalue weighted by atomic mass is 79.9.